The second-order valence-electron chi connectivity index (χ2n) is 13.1. The van der Waals surface area contributed by atoms with Gasteiger partial charge in [0, 0.05) is 29.2 Å². The van der Waals surface area contributed by atoms with Gasteiger partial charge in [-0.1, -0.05) is 25.4 Å². The molecule has 0 saturated heterocycles. The number of nitrogens with zero attached hydrogens (tertiary/aromatic N) is 4. The molecular formula is C35H47F2N5O3. The highest BCUT2D eigenvalue weighted by Gasteiger charge is 2.37. The number of rotatable bonds is 12. The number of carbonyl (C=O) groups excluding carboxylic acids is 1. The average molecular weight is 624 g/mol. The van der Waals surface area contributed by atoms with Gasteiger partial charge in [-0.05, 0) is 102 Å². The van der Waals surface area contributed by atoms with Gasteiger partial charge >= 0.3 is 5.97 Å². The van der Waals surface area contributed by atoms with E-state index in [1.54, 1.807) is 25.3 Å². The molecule has 1 aliphatic rings. The Morgan fingerprint density at radius 1 is 1.04 bits per heavy atom. The Morgan fingerprint density at radius 2 is 1.73 bits per heavy atom. The average Bonchev–Trinajstić information content (AvgIpc) is 3.01. The number of quaternary nitrogens is 1. The predicted molar refractivity (Wildman–Crippen MR) is 170 cm³/mol. The summed E-state index contributed by atoms with van der Waals surface area (Å²) in [5.74, 6) is 0.243. The minimum atomic E-state index is -2.59. The maximum atomic E-state index is 13.9. The molecule has 1 fully saturated rings. The summed E-state index contributed by atoms with van der Waals surface area (Å²) in [5.41, 5.74) is 1.19. The molecule has 244 valence electrons. The van der Waals surface area contributed by atoms with Gasteiger partial charge in [-0.25, -0.2) is 18.7 Å². The number of carbonyl (C=O) groups is 1. The molecule has 0 radical (unpaired) electrons. The number of aryl methyl sites for hydroxylation is 1. The van der Waals surface area contributed by atoms with E-state index in [2.05, 4.69) is 54.9 Å². The van der Waals surface area contributed by atoms with E-state index in [0.29, 0.717) is 61.7 Å². The van der Waals surface area contributed by atoms with E-state index < -0.39 is 12.0 Å². The Hall–Kier alpha value is -3.50. The number of hydrogen-bond acceptors (Lipinski definition) is 7. The van der Waals surface area contributed by atoms with Crippen molar-refractivity contribution in [2.24, 2.45) is 11.8 Å². The number of alkyl halides is 2. The Bertz CT molecular complexity index is 1430. The van der Waals surface area contributed by atoms with Crippen LogP contribution in [0.25, 0.3) is 11.3 Å². The zero-order valence-electron chi connectivity index (χ0n) is 27.5. The number of nitrogens with one attached hydrogen (secondary N) is 1. The van der Waals surface area contributed by atoms with E-state index in [-0.39, 0.29) is 29.2 Å². The van der Waals surface area contributed by atoms with Crippen LogP contribution >= 0.6 is 0 Å². The largest absolute Gasteiger partial charge is 0.845 e. The summed E-state index contributed by atoms with van der Waals surface area (Å²) >= 11 is 0. The standard InChI is InChI=1S/C35H47F2N5O3/c1-8-42(22(2)3,23(4)5)21-45-34(43)25-9-12-28(13-10-25)35(7,44)30-14-11-27(20-39-30)29-17-24(6)18-32(40-29)41-31-19-26(33(36)37)15-16-38-31/h11,14-20,22-23,25,28,33H,8-10,12-13,21H2,1-7H3,(H,38,40,41)/t25?,28?,35-/m1/s1. The zero-order chi connectivity index (χ0) is 32.9. The van der Waals surface area contributed by atoms with E-state index in [1.165, 1.54) is 18.3 Å². The lowest BCUT2D eigenvalue weighted by atomic mass is 9.73. The Morgan fingerprint density at radius 3 is 2.31 bits per heavy atom. The van der Waals surface area contributed by atoms with Gasteiger partial charge in [0.05, 0.1) is 30.2 Å². The van der Waals surface area contributed by atoms with Crippen LogP contribution in [0.4, 0.5) is 20.4 Å². The van der Waals surface area contributed by atoms with E-state index in [9.17, 15) is 18.7 Å². The lowest BCUT2D eigenvalue weighted by Gasteiger charge is -2.47. The van der Waals surface area contributed by atoms with Gasteiger partial charge in [-0.15, -0.1) is 0 Å². The van der Waals surface area contributed by atoms with Crippen LogP contribution in [0.3, 0.4) is 0 Å². The van der Waals surface area contributed by atoms with Crippen molar-refractivity contribution in [2.75, 3.05) is 18.6 Å². The number of aromatic nitrogens is 3. The first-order chi connectivity index (χ1) is 21.3. The first kappa shape index (κ1) is 34.4. The summed E-state index contributed by atoms with van der Waals surface area (Å²) in [4.78, 5) is 26.4. The summed E-state index contributed by atoms with van der Waals surface area (Å²) in [5, 5.41) is 17.0. The highest BCUT2D eigenvalue weighted by atomic mass is 19.3. The molecular weight excluding hydrogens is 576 g/mol. The molecule has 3 aromatic heterocycles. The Labute approximate surface area is 265 Å². The molecule has 1 aliphatic carbocycles. The molecule has 0 spiro atoms. The maximum absolute atomic E-state index is 13.9. The minimum absolute atomic E-state index is 0.125. The number of anilines is 2. The molecule has 10 heteroatoms. The van der Waals surface area contributed by atoms with Gasteiger partial charge in [0.15, 0.2) is 0 Å². The molecule has 8 nitrogen and oxygen atoms in total. The predicted octanol–water partition coefficient (Wildman–Crippen LogP) is 7.06. The van der Waals surface area contributed by atoms with Crippen molar-refractivity contribution < 1.29 is 27.9 Å². The quantitative estimate of drug-likeness (QED) is 0.131. The van der Waals surface area contributed by atoms with E-state index in [0.717, 1.165) is 22.2 Å². The van der Waals surface area contributed by atoms with Gasteiger partial charge in [0.25, 0.3) is 6.43 Å². The summed E-state index contributed by atoms with van der Waals surface area (Å²) in [6, 6.07) is 10.6. The molecule has 3 aromatic rings. The fraction of sp³-hybridized carbons (Fsp3) is 0.543. The van der Waals surface area contributed by atoms with Crippen LogP contribution < -0.4 is 10.4 Å². The van der Waals surface area contributed by atoms with Crippen molar-refractivity contribution in [3.63, 3.8) is 0 Å². The zero-order valence-corrected chi connectivity index (χ0v) is 27.5. The molecule has 4 rings (SSSR count). The number of ether oxygens (including phenoxy) is 1. The third-order valence-electron chi connectivity index (χ3n) is 9.76. The van der Waals surface area contributed by atoms with Crippen molar-refractivity contribution in [3.8, 4) is 11.3 Å². The van der Waals surface area contributed by atoms with Crippen LogP contribution in [0, 0.1) is 18.8 Å². The molecule has 0 amide bonds. The summed E-state index contributed by atoms with van der Waals surface area (Å²) in [7, 11) is 0. The number of hydrogen-bond donors (Lipinski definition) is 1. The molecule has 1 atom stereocenters. The first-order valence-electron chi connectivity index (χ1n) is 16.0. The second kappa shape index (κ2) is 14.3. The second-order valence-corrected chi connectivity index (χ2v) is 13.1. The molecule has 45 heavy (non-hydrogen) atoms. The number of esters is 1. The van der Waals surface area contributed by atoms with Crippen molar-refractivity contribution in [2.45, 2.75) is 98.3 Å². The topological polar surface area (TPSA) is 100 Å². The first-order valence-corrected chi connectivity index (χ1v) is 16.0. The highest BCUT2D eigenvalue weighted by molar-refractivity contribution is 5.72. The van der Waals surface area contributed by atoms with Crippen LogP contribution in [0.15, 0.2) is 48.8 Å². The molecule has 1 saturated carbocycles. The summed E-state index contributed by atoms with van der Waals surface area (Å²) in [6.45, 7) is 15.7. The molecule has 0 unspecified atom stereocenters. The third kappa shape index (κ3) is 7.84. The van der Waals surface area contributed by atoms with Gasteiger partial charge in [0.1, 0.15) is 11.6 Å². The lowest BCUT2D eigenvalue weighted by Crippen LogP contribution is -2.59. The monoisotopic (exact) mass is 623 g/mol. The smallest absolute Gasteiger partial charge is 0.313 e. The minimum Gasteiger partial charge on any atom is -0.845 e. The van der Waals surface area contributed by atoms with Crippen LogP contribution in [0.5, 0.6) is 0 Å². The number of pyridine rings is 3. The maximum Gasteiger partial charge on any atom is 0.313 e. The van der Waals surface area contributed by atoms with Crippen LogP contribution in [0.2, 0.25) is 0 Å². The van der Waals surface area contributed by atoms with Crippen LogP contribution in [-0.4, -0.2) is 50.8 Å². The van der Waals surface area contributed by atoms with E-state index in [1.807, 2.05) is 19.1 Å². The van der Waals surface area contributed by atoms with Crippen molar-refractivity contribution in [1.29, 1.82) is 0 Å². The van der Waals surface area contributed by atoms with Crippen molar-refractivity contribution >= 4 is 17.6 Å². The van der Waals surface area contributed by atoms with Gasteiger partial charge < -0.3 is 15.2 Å². The summed E-state index contributed by atoms with van der Waals surface area (Å²) in [6.07, 6.45) is 2.93. The SMILES string of the molecule is CC[N+](COC(=O)C1CCC([C@@](C)([O-])c2ccc(-c3cc(C)cc(Nc4cc(C(F)F)ccn4)n3)cn2)CC1)(C(C)C)C(C)C. The van der Waals surface area contributed by atoms with E-state index >= 15 is 0 Å². The fourth-order valence-corrected chi connectivity index (χ4v) is 6.61. The Kier molecular flexibility index (Phi) is 10.9. The highest BCUT2D eigenvalue weighted by Crippen LogP contribution is 2.39. The molecule has 0 bridgehead atoms. The fourth-order valence-electron chi connectivity index (χ4n) is 6.61. The van der Waals surface area contributed by atoms with Gasteiger partial charge in [0.2, 0.25) is 6.73 Å². The molecule has 0 aliphatic heterocycles. The van der Waals surface area contributed by atoms with Gasteiger partial charge in [-0.2, -0.15) is 0 Å². The number of halogens is 2. The molecule has 1 N–H and O–H groups in total. The Balaban J connectivity index is 1.39. The van der Waals surface area contributed by atoms with Gasteiger partial charge in [-0.3, -0.25) is 14.3 Å². The lowest BCUT2D eigenvalue weighted by molar-refractivity contribution is -0.979. The molecule has 3 heterocycles. The van der Waals surface area contributed by atoms with Crippen molar-refractivity contribution in [1.82, 2.24) is 15.0 Å². The van der Waals surface area contributed by atoms with Crippen LogP contribution in [0.1, 0.15) is 90.5 Å². The molecule has 0 aromatic carbocycles. The third-order valence-corrected chi connectivity index (χ3v) is 9.76. The normalized spacial score (nSPS) is 18.7. The van der Waals surface area contributed by atoms with Crippen molar-refractivity contribution in [3.05, 3.63) is 65.6 Å². The van der Waals surface area contributed by atoms with Crippen LogP contribution in [-0.2, 0) is 15.1 Å². The summed E-state index contributed by atoms with van der Waals surface area (Å²) < 4.78 is 32.9. The van der Waals surface area contributed by atoms with E-state index in [4.69, 9.17) is 4.74 Å².